The number of alkyl halides is 2. The van der Waals surface area contributed by atoms with E-state index in [-0.39, 0.29) is 24.7 Å². The molecule has 5 N–H and O–H groups in total. The first-order chi connectivity index (χ1) is 18.7. The minimum absolute atomic E-state index is 0.0264. The highest BCUT2D eigenvalue weighted by Gasteiger charge is 2.61. The van der Waals surface area contributed by atoms with Crippen molar-refractivity contribution in [3.63, 3.8) is 0 Å². The van der Waals surface area contributed by atoms with Gasteiger partial charge in [-0.15, -0.1) is 0 Å². The maximum absolute atomic E-state index is 15.1. The third-order valence-corrected chi connectivity index (χ3v) is 8.58. The lowest BCUT2D eigenvalue weighted by molar-refractivity contribution is -0.195. The van der Waals surface area contributed by atoms with E-state index in [1.165, 1.54) is 4.90 Å². The smallest absolute Gasteiger partial charge is 0.408 e. The number of nitrogens with two attached hydrogens (primary N) is 1. The summed E-state index contributed by atoms with van der Waals surface area (Å²) in [6, 6.07) is -4.80. The number of primary amides is 1. The number of ether oxygens (including phenoxy) is 1. The predicted octanol–water partition coefficient (Wildman–Crippen LogP) is 1.58. The van der Waals surface area contributed by atoms with Gasteiger partial charge in [-0.25, -0.2) is 13.6 Å². The molecule has 0 spiro atoms. The van der Waals surface area contributed by atoms with Gasteiger partial charge in [-0.1, -0.05) is 19.3 Å². The second kappa shape index (κ2) is 11.5. The average Bonchev–Trinajstić information content (AvgIpc) is 3.21. The van der Waals surface area contributed by atoms with Crippen molar-refractivity contribution in [3.05, 3.63) is 0 Å². The van der Waals surface area contributed by atoms with Gasteiger partial charge in [0.15, 0.2) is 0 Å². The van der Waals surface area contributed by atoms with Gasteiger partial charge in [-0.2, -0.15) is 0 Å². The Morgan fingerprint density at radius 3 is 2.30 bits per heavy atom. The van der Waals surface area contributed by atoms with E-state index in [9.17, 15) is 24.0 Å². The molecule has 5 amide bonds. The SMILES string of the molecule is CC(C)(C)OC(=O)N[C@@H](CC1CCC1)C(=O)N1[C@H]2CC[C@@H]([C@@H]1C(=O)N[C@@H](C[C@@H]1CCNC1=O)C(N)=O)C(F)(F)C2. The first-order valence-electron chi connectivity index (χ1n) is 14.2. The van der Waals surface area contributed by atoms with E-state index < -0.39 is 77.8 Å². The van der Waals surface area contributed by atoms with Crippen molar-refractivity contribution in [1.82, 2.24) is 20.9 Å². The molecule has 2 bridgehead atoms. The molecule has 11 nitrogen and oxygen atoms in total. The largest absolute Gasteiger partial charge is 0.444 e. The van der Waals surface area contributed by atoms with Crippen molar-refractivity contribution in [2.75, 3.05) is 6.54 Å². The van der Waals surface area contributed by atoms with Crippen LogP contribution >= 0.6 is 0 Å². The zero-order chi connectivity index (χ0) is 29.4. The molecule has 3 heterocycles. The van der Waals surface area contributed by atoms with E-state index in [1.54, 1.807) is 20.8 Å². The first-order valence-corrected chi connectivity index (χ1v) is 14.2. The molecular formula is C27H41F2N5O6. The van der Waals surface area contributed by atoms with E-state index in [0.29, 0.717) is 25.8 Å². The molecule has 6 atom stereocenters. The molecule has 3 aliphatic heterocycles. The van der Waals surface area contributed by atoms with Gasteiger partial charge < -0.3 is 31.3 Å². The predicted molar refractivity (Wildman–Crippen MR) is 139 cm³/mol. The fourth-order valence-corrected chi connectivity index (χ4v) is 6.39. The number of amides is 5. The Hall–Kier alpha value is -2.99. The van der Waals surface area contributed by atoms with Crippen LogP contribution in [0.4, 0.5) is 13.6 Å². The summed E-state index contributed by atoms with van der Waals surface area (Å²) in [5.41, 5.74) is 4.70. The van der Waals surface area contributed by atoms with E-state index in [4.69, 9.17) is 10.5 Å². The van der Waals surface area contributed by atoms with Crippen LogP contribution in [0.5, 0.6) is 0 Å². The lowest BCUT2D eigenvalue weighted by atomic mass is 9.71. The number of piperidine rings is 2. The van der Waals surface area contributed by atoms with Crippen LogP contribution in [0.15, 0.2) is 0 Å². The summed E-state index contributed by atoms with van der Waals surface area (Å²) in [6.45, 7) is 5.49. The number of alkyl carbamates (subject to hydrolysis) is 1. The second-order valence-corrected chi connectivity index (χ2v) is 12.7. The summed E-state index contributed by atoms with van der Waals surface area (Å²) < 4.78 is 35.6. The third-order valence-electron chi connectivity index (χ3n) is 8.58. The van der Waals surface area contributed by atoms with E-state index in [0.717, 1.165) is 19.3 Å². The van der Waals surface area contributed by atoms with Gasteiger partial charge in [0.25, 0.3) is 5.92 Å². The summed E-state index contributed by atoms with van der Waals surface area (Å²) in [5.74, 6) is -7.73. The molecular weight excluding hydrogens is 528 g/mol. The third kappa shape index (κ3) is 6.65. The van der Waals surface area contributed by atoms with Crippen LogP contribution in [0.2, 0.25) is 0 Å². The number of carbonyl (C=O) groups excluding carboxylic acids is 5. The minimum atomic E-state index is -3.20. The van der Waals surface area contributed by atoms with Crippen LogP contribution in [0.25, 0.3) is 0 Å². The van der Waals surface area contributed by atoms with Gasteiger partial charge in [0.05, 0.1) is 5.92 Å². The highest BCUT2D eigenvalue weighted by Crippen LogP contribution is 2.49. The zero-order valence-corrected chi connectivity index (χ0v) is 23.3. The Morgan fingerprint density at radius 1 is 1.07 bits per heavy atom. The van der Waals surface area contributed by atoms with Gasteiger partial charge in [0, 0.05) is 24.9 Å². The molecule has 40 heavy (non-hydrogen) atoms. The number of hydrogen-bond donors (Lipinski definition) is 4. The normalized spacial score (nSPS) is 29.1. The fourth-order valence-electron chi connectivity index (χ4n) is 6.39. The molecule has 5 aliphatic rings. The number of hydrogen-bond acceptors (Lipinski definition) is 6. The van der Waals surface area contributed by atoms with Crippen LogP contribution in [-0.4, -0.2) is 76.9 Å². The van der Waals surface area contributed by atoms with E-state index in [2.05, 4.69) is 16.0 Å². The maximum Gasteiger partial charge on any atom is 0.408 e. The number of nitrogens with one attached hydrogen (secondary N) is 3. The Balaban J connectivity index is 1.58. The number of fused-ring (bicyclic) bond motifs is 3. The van der Waals surface area contributed by atoms with Crippen molar-refractivity contribution in [2.45, 2.75) is 114 Å². The first kappa shape index (κ1) is 30.0. The summed E-state index contributed by atoms with van der Waals surface area (Å²) in [4.78, 5) is 65.7. The Labute approximate surface area is 232 Å². The van der Waals surface area contributed by atoms with Crippen molar-refractivity contribution >= 4 is 29.7 Å². The van der Waals surface area contributed by atoms with Crippen LogP contribution < -0.4 is 21.7 Å². The molecule has 13 heteroatoms. The molecule has 5 rings (SSSR count). The Bertz CT molecular complexity index is 1030. The highest BCUT2D eigenvalue weighted by atomic mass is 19.3. The monoisotopic (exact) mass is 569 g/mol. The lowest BCUT2D eigenvalue weighted by Gasteiger charge is -2.54. The number of nitrogens with zero attached hydrogens (tertiary/aromatic N) is 1. The van der Waals surface area contributed by atoms with Gasteiger partial charge in [-0.3, -0.25) is 19.2 Å². The lowest BCUT2D eigenvalue weighted by Crippen LogP contribution is -2.71. The average molecular weight is 570 g/mol. The fraction of sp³-hybridized carbons (Fsp3) is 0.815. The summed E-state index contributed by atoms with van der Waals surface area (Å²) in [6.07, 6.45) is 2.37. The molecule has 2 saturated carbocycles. The van der Waals surface area contributed by atoms with Crippen LogP contribution in [-0.2, 0) is 23.9 Å². The van der Waals surface area contributed by atoms with Crippen molar-refractivity contribution in [3.8, 4) is 0 Å². The number of rotatable bonds is 9. The van der Waals surface area contributed by atoms with Gasteiger partial charge in [-0.05, 0) is 58.8 Å². The molecule has 0 unspecified atom stereocenters. The maximum atomic E-state index is 15.1. The molecule has 224 valence electrons. The molecule has 3 saturated heterocycles. The van der Waals surface area contributed by atoms with E-state index in [1.807, 2.05) is 0 Å². The number of halogens is 2. The molecule has 2 aliphatic carbocycles. The Morgan fingerprint density at radius 2 is 1.77 bits per heavy atom. The van der Waals surface area contributed by atoms with Crippen molar-refractivity contribution in [1.29, 1.82) is 0 Å². The van der Waals surface area contributed by atoms with Gasteiger partial charge >= 0.3 is 6.09 Å². The second-order valence-electron chi connectivity index (χ2n) is 12.7. The standard InChI is InChI=1S/C27H41F2N5O6/c1-26(2,3)40-25(39)33-19(11-14-5-4-6-14)24(38)34-16-7-8-17(27(28,29)13-16)20(34)23(37)32-18(21(30)35)12-15-9-10-31-22(15)36/h14-20H,4-13H2,1-3H3,(H2,30,35)(H,31,36)(H,32,37)(H,33,39)/t15-,16-,17-,18-,19-,20+/m0/s1. The molecule has 0 aromatic rings. The molecule has 0 aromatic carbocycles. The van der Waals surface area contributed by atoms with Gasteiger partial charge in [0.2, 0.25) is 23.6 Å². The van der Waals surface area contributed by atoms with Crippen molar-refractivity contribution in [2.24, 2.45) is 23.5 Å². The topological polar surface area (TPSA) is 160 Å². The zero-order valence-electron chi connectivity index (χ0n) is 23.3. The quantitative estimate of drug-likeness (QED) is 0.330. The molecule has 0 radical (unpaired) electrons. The summed E-state index contributed by atoms with van der Waals surface area (Å²) in [5, 5.41) is 7.77. The minimum Gasteiger partial charge on any atom is -0.444 e. The highest BCUT2D eigenvalue weighted by molar-refractivity contribution is 5.95. The molecule has 5 fully saturated rings. The molecule has 0 aromatic heterocycles. The summed E-state index contributed by atoms with van der Waals surface area (Å²) >= 11 is 0. The summed E-state index contributed by atoms with van der Waals surface area (Å²) in [7, 11) is 0. The van der Waals surface area contributed by atoms with Crippen molar-refractivity contribution < 1.29 is 37.5 Å². The van der Waals surface area contributed by atoms with Gasteiger partial charge in [0.1, 0.15) is 23.7 Å². The van der Waals surface area contributed by atoms with Crippen LogP contribution in [0.3, 0.4) is 0 Å². The Kier molecular flexibility index (Phi) is 8.60. The van der Waals surface area contributed by atoms with E-state index >= 15 is 8.78 Å². The number of carbonyl (C=O) groups is 5. The van der Waals surface area contributed by atoms with Crippen LogP contribution in [0, 0.1) is 17.8 Å². The van der Waals surface area contributed by atoms with Crippen LogP contribution in [0.1, 0.15) is 78.6 Å².